The molecule has 2 aromatic heterocycles. The van der Waals surface area contributed by atoms with E-state index in [1.807, 2.05) is 47.8 Å². The highest BCUT2D eigenvalue weighted by Crippen LogP contribution is 2.35. The van der Waals surface area contributed by atoms with Crippen LogP contribution >= 0.6 is 11.3 Å². The summed E-state index contributed by atoms with van der Waals surface area (Å²) in [6.45, 7) is 2.38. The third-order valence-corrected chi connectivity index (χ3v) is 6.94. The molecule has 34 heavy (non-hydrogen) atoms. The van der Waals surface area contributed by atoms with Crippen molar-refractivity contribution in [3.63, 3.8) is 0 Å². The Kier molecular flexibility index (Phi) is 5.67. The molecule has 4 aromatic rings. The number of aromatic nitrogens is 2. The Labute approximate surface area is 201 Å². The summed E-state index contributed by atoms with van der Waals surface area (Å²) in [4.78, 5) is 30.0. The maximum Gasteiger partial charge on any atom is 0.277 e. The van der Waals surface area contributed by atoms with E-state index in [0.29, 0.717) is 23.7 Å². The van der Waals surface area contributed by atoms with Gasteiger partial charge in [0.1, 0.15) is 22.7 Å². The SMILES string of the molecule is COc1ccc(N2C(=O)c3cc(-c4cccs4)nn3C[C@]2(C)C(=O)NCc2ccccc2)cc1. The number of benzene rings is 2. The number of anilines is 1. The molecule has 1 atom stereocenters. The Morgan fingerprint density at radius 1 is 1.12 bits per heavy atom. The molecule has 0 saturated heterocycles. The summed E-state index contributed by atoms with van der Waals surface area (Å²) in [7, 11) is 1.59. The lowest BCUT2D eigenvalue weighted by Crippen LogP contribution is -2.64. The zero-order chi connectivity index (χ0) is 23.7. The molecule has 1 aliphatic rings. The third kappa shape index (κ3) is 3.86. The summed E-state index contributed by atoms with van der Waals surface area (Å²) in [6, 6.07) is 22.6. The van der Waals surface area contributed by atoms with Crippen LogP contribution in [0.3, 0.4) is 0 Å². The number of hydrogen-bond acceptors (Lipinski definition) is 5. The number of carbonyl (C=O) groups is 2. The Bertz CT molecular complexity index is 1320. The standard InChI is InChI=1S/C26H24N4O3S/c1-26(25(32)27-16-18-7-4-3-5-8-18)17-29-22(15-21(28-29)23-9-6-14-34-23)24(31)30(26)19-10-12-20(33-2)13-11-19/h3-15H,16-17H2,1-2H3,(H,27,32)/t26-/m1/s1. The number of fused-ring (bicyclic) bond motifs is 1. The molecule has 1 aliphatic heterocycles. The first-order valence-corrected chi connectivity index (χ1v) is 11.8. The van der Waals surface area contributed by atoms with E-state index >= 15 is 0 Å². The van der Waals surface area contributed by atoms with Crippen LogP contribution in [0.1, 0.15) is 23.0 Å². The van der Waals surface area contributed by atoms with Gasteiger partial charge in [0.25, 0.3) is 5.91 Å². The van der Waals surface area contributed by atoms with Gasteiger partial charge in [-0.2, -0.15) is 5.10 Å². The molecule has 0 bridgehead atoms. The summed E-state index contributed by atoms with van der Waals surface area (Å²) in [5.74, 6) is 0.150. The van der Waals surface area contributed by atoms with Gasteiger partial charge in [0.05, 0.1) is 18.5 Å². The number of thiophene rings is 1. The van der Waals surface area contributed by atoms with Gasteiger partial charge in [-0.15, -0.1) is 11.3 Å². The molecule has 1 N–H and O–H groups in total. The van der Waals surface area contributed by atoms with Crippen LogP contribution in [-0.2, 0) is 17.9 Å². The van der Waals surface area contributed by atoms with Gasteiger partial charge in [-0.25, -0.2) is 0 Å². The lowest BCUT2D eigenvalue weighted by atomic mass is 9.93. The normalized spacial score (nSPS) is 17.4. The zero-order valence-corrected chi connectivity index (χ0v) is 19.7. The van der Waals surface area contributed by atoms with Gasteiger partial charge < -0.3 is 10.1 Å². The first-order valence-electron chi connectivity index (χ1n) is 10.9. The Morgan fingerprint density at radius 2 is 1.88 bits per heavy atom. The second-order valence-corrected chi connectivity index (χ2v) is 9.28. The second kappa shape index (κ2) is 8.79. The highest BCUT2D eigenvalue weighted by atomic mass is 32.1. The van der Waals surface area contributed by atoms with Gasteiger partial charge >= 0.3 is 0 Å². The molecule has 172 valence electrons. The van der Waals surface area contributed by atoms with E-state index in [9.17, 15) is 9.59 Å². The van der Waals surface area contributed by atoms with Crippen molar-refractivity contribution in [3.05, 3.63) is 89.4 Å². The van der Waals surface area contributed by atoms with Gasteiger partial charge in [-0.3, -0.25) is 19.2 Å². The van der Waals surface area contributed by atoms with E-state index in [2.05, 4.69) is 10.4 Å². The van der Waals surface area contributed by atoms with Crippen molar-refractivity contribution >= 4 is 28.8 Å². The largest absolute Gasteiger partial charge is 0.497 e. The zero-order valence-electron chi connectivity index (χ0n) is 18.9. The molecule has 0 spiro atoms. The molecule has 5 rings (SSSR count). The van der Waals surface area contributed by atoms with Crippen LogP contribution in [0, 0.1) is 0 Å². The molecule has 2 aromatic carbocycles. The number of methoxy groups -OCH3 is 1. The van der Waals surface area contributed by atoms with Crippen molar-refractivity contribution in [2.24, 2.45) is 0 Å². The van der Waals surface area contributed by atoms with Gasteiger partial charge in [0.2, 0.25) is 5.91 Å². The summed E-state index contributed by atoms with van der Waals surface area (Å²) < 4.78 is 6.93. The highest BCUT2D eigenvalue weighted by molar-refractivity contribution is 7.13. The summed E-state index contributed by atoms with van der Waals surface area (Å²) in [6.07, 6.45) is 0. The number of carbonyl (C=O) groups excluding carboxylic acids is 2. The minimum Gasteiger partial charge on any atom is -0.497 e. The van der Waals surface area contributed by atoms with E-state index in [4.69, 9.17) is 4.74 Å². The molecule has 8 heteroatoms. The van der Waals surface area contributed by atoms with Crippen LogP contribution in [0.4, 0.5) is 5.69 Å². The monoisotopic (exact) mass is 472 g/mol. The summed E-state index contributed by atoms with van der Waals surface area (Å²) in [5.41, 5.74) is 1.59. The average molecular weight is 473 g/mol. The molecule has 0 fully saturated rings. The van der Waals surface area contributed by atoms with Crippen LogP contribution < -0.4 is 15.0 Å². The Balaban J connectivity index is 1.54. The van der Waals surface area contributed by atoms with Crippen molar-refractivity contribution < 1.29 is 14.3 Å². The number of rotatable bonds is 6. The first-order chi connectivity index (χ1) is 16.5. The second-order valence-electron chi connectivity index (χ2n) is 8.33. The number of amides is 2. The van der Waals surface area contributed by atoms with E-state index in [1.54, 1.807) is 65.3 Å². The van der Waals surface area contributed by atoms with E-state index in [1.165, 1.54) is 0 Å². The van der Waals surface area contributed by atoms with Crippen LogP contribution in [0.5, 0.6) is 5.75 Å². The van der Waals surface area contributed by atoms with Crippen molar-refractivity contribution in [1.82, 2.24) is 15.1 Å². The van der Waals surface area contributed by atoms with Crippen molar-refractivity contribution in [3.8, 4) is 16.3 Å². The van der Waals surface area contributed by atoms with Crippen molar-refractivity contribution in [2.45, 2.75) is 25.6 Å². The van der Waals surface area contributed by atoms with Crippen molar-refractivity contribution in [1.29, 1.82) is 0 Å². The fourth-order valence-electron chi connectivity index (χ4n) is 4.23. The van der Waals surface area contributed by atoms with Gasteiger partial charge in [0.15, 0.2) is 0 Å². The molecule has 3 heterocycles. The quantitative estimate of drug-likeness (QED) is 0.453. The van der Waals surface area contributed by atoms with E-state index in [0.717, 1.165) is 16.1 Å². The van der Waals surface area contributed by atoms with Crippen LogP contribution in [0.25, 0.3) is 10.6 Å². The molecule has 2 amide bonds. The molecular weight excluding hydrogens is 448 g/mol. The summed E-state index contributed by atoms with van der Waals surface area (Å²) in [5, 5.41) is 9.67. The van der Waals surface area contributed by atoms with Gasteiger partial charge in [-0.1, -0.05) is 36.4 Å². The average Bonchev–Trinajstić information content (AvgIpc) is 3.54. The maximum atomic E-state index is 13.8. The van der Waals surface area contributed by atoms with Crippen molar-refractivity contribution in [2.75, 3.05) is 12.0 Å². The number of nitrogens with zero attached hydrogens (tertiary/aromatic N) is 3. The number of nitrogens with one attached hydrogen (secondary N) is 1. The summed E-state index contributed by atoms with van der Waals surface area (Å²) >= 11 is 1.56. The lowest BCUT2D eigenvalue weighted by Gasteiger charge is -2.43. The fraction of sp³-hybridized carbons (Fsp3) is 0.192. The van der Waals surface area contributed by atoms with Crippen LogP contribution in [0.2, 0.25) is 0 Å². The van der Waals surface area contributed by atoms with Gasteiger partial charge in [-0.05, 0) is 54.3 Å². The lowest BCUT2D eigenvalue weighted by molar-refractivity contribution is -0.126. The van der Waals surface area contributed by atoms with Crippen LogP contribution in [-0.4, -0.2) is 34.2 Å². The molecule has 7 nitrogen and oxygen atoms in total. The number of ether oxygens (including phenoxy) is 1. The fourth-order valence-corrected chi connectivity index (χ4v) is 4.91. The molecule has 0 radical (unpaired) electrons. The van der Waals surface area contributed by atoms with E-state index in [-0.39, 0.29) is 18.4 Å². The maximum absolute atomic E-state index is 13.8. The molecular formula is C26H24N4O3S. The number of hydrogen-bond donors (Lipinski definition) is 1. The first kappa shape index (κ1) is 21.9. The van der Waals surface area contributed by atoms with E-state index < -0.39 is 5.54 Å². The Morgan fingerprint density at radius 3 is 2.56 bits per heavy atom. The molecule has 0 unspecified atom stereocenters. The highest BCUT2D eigenvalue weighted by Gasteiger charge is 2.48. The minimum atomic E-state index is -1.19. The van der Waals surface area contributed by atoms with Gasteiger partial charge in [0, 0.05) is 12.2 Å². The molecule has 0 aliphatic carbocycles. The van der Waals surface area contributed by atoms with Crippen LogP contribution in [0.15, 0.2) is 78.2 Å². The predicted octanol–water partition coefficient (Wildman–Crippen LogP) is 4.36. The molecule has 0 saturated carbocycles. The minimum absolute atomic E-state index is 0.228. The predicted molar refractivity (Wildman–Crippen MR) is 132 cm³/mol. The third-order valence-electron chi connectivity index (χ3n) is 6.04. The smallest absolute Gasteiger partial charge is 0.277 e. The Hall–Kier alpha value is -3.91. The topological polar surface area (TPSA) is 76.5 Å².